The average Bonchev–Trinajstić information content (AvgIpc) is 2.77. The summed E-state index contributed by atoms with van der Waals surface area (Å²) in [6, 6.07) is 5.93. The molecule has 1 fully saturated rings. The highest BCUT2D eigenvalue weighted by Crippen LogP contribution is 2.41. The molecule has 1 aliphatic carbocycles. The predicted molar refractivity (Wildman–Crippen MR) is 47.8 cm³/mol. The molecule has 0 heterocycles. The van der Waals surface area contributed by atoms with Gasteiger partial charge in [0.05, 0.1) is 10.7 Å². The maximum absolute atomic E-state index is 5.78. The Morgan fingerprint density at radius 2 is 2.09 bits per heavy atom. The quantitative estimate of drug-likeness (QED) is 0.640. The van der Waals surface area contributed by atoms with Gasteiger partial charge in [0, 0.05) is 0 Å². The second-order valence-corrected chi connectivity index (χ2v) is 3.46. The van der Waals surface area contributed by atoms with Crippen LogP contribution in [0.2, 0.25) is 5.02 Å². The summed E-state index contributed by atoms with van der Waals surface area (Å²) < 4.78 is 0. The minimum Gasteiger partial charge on any atom is -0.398 e. The van der Waals surface area contributed by atoms with Gasteiger partial charge in [0.2, 0.25) is 0 Å². The molecule has 1 nitrogen and oxygen atoms in total. The first-order valence-corrected chi connectivity index (χ1v) is 4.20. The molecule has 1 aromatic rings. The summed E-state index contributed by atoms with van der Waals surface area (Å²) in [5.74, 6) is 0.759. The standard InChI is InChI=1S/C9H10ClN/c10-8-4-3-7(5-9(8)11)6-1-2-6/h3-6H,1-2,11H2. The Bertz CT molecular complexity index is 279. The smallest absolute Gasteiger partial charge is 0.0635 e. The van der Waals surface area contributed by atoms with Crippen molar-refractivity contribution in [2.75, 3.05) is 5.73 Å². The van der Waals surface area contributed by atoms with Gasteiger partial charge < -0.3 is 5.73 Å². The van der Waals surface area contributed by atoms with Crippen LogP contribution >= 0.6 is 11.6 Å². The first kappa shape index (κ1) is 6.99. The Balaban J connectivity index is 2.36. The van der Waals surface area contributed by atoms with Crippen LogP contribution in [-0.4, -0.2) is 0 Å². The number of nitrogen functional groups attached to an aromatic ring is 1. The van der Waals surface area contributed by atoms with Gasteiger partial charge in [-0.1, -0.05) is 17.7 Å². The summed E-state index contributed by atoms with van der Waals surface area (Å²) in [4.78, 5) is 0. The molecule has 0 aromatic heterocycles. The number of benzene rings is 1. The maximum atomic E-state index is 5.78. The molecule has 1 saturated carbocycles. The lowest BCUT2D eigenvalue weighted by molar-refractivity contribution is 1.13. The molecule has 0 unspecified atom stereocenters. The molecule has 0 spiro atoms. The van der Waals surface area contributed by atoms with Crippen LogP contribution < -0.4 is 5.73 Å². The van der Waals surface area contributed by atoms with Gasteiger partial charge in [-0.05, 0) is 36.5 Å². The molecule has 58 valence electrons. The van der Waals surface area contributed by atoms with Crippen LogP contribution in [0.1, 0.15) is 24.3 Å². The van der Waals surface area contributed by atoms with Gasteiger partial charge in [0.1, 0.15) is 0 Å². The van der Waals surface area contributed by atoms with Gasteiger partial charge in [-0.3, -0.25) is 0 Å². The first-order chi connectivity index (χ1) is 5.27. The Morgan fingerprint density at radius 1 is 1.36 bits per heavy atom. The topological polar surface area (TPSA) is 26.0 Å². The van der Waals surface area contributed by atoms with Crippen molar-refractivity contribution in [1.82, 2.24) is 0 Å². The minimum atomic E-state index is 0.661. The lowest BCUT2D eigenvalue weighted by Gasteiger charge is -2.00. The van der Waals surface area contributed by atoms with Crippen LogP contribution in [0.3, 0.4) is 0 Å². The van der Waals surface area contributed by atoms with Gasteiger partial charge in [-0.25, -0.2) is 0 Å². The van der Waals surface area contributed by atoms with E-state index in [9.17, 15) is 0 Å². The predicted octanol–water partition coefficient (Wildman–Crippen LogP) is 2.80. The van der Waals surface area contributed by atoms with Crippen molar-refractivity contribution in [1.29, 1.82) is 0 Å². The van der Waals surface area contributed by atoms with Gasteiger partial charge >= 0.3 is 0 Å². The number of anilines is 1. The molecule has 0 bridgehead atoms. The molecule has 0 amide bonds. The fourth-order valence-corrected chi connectivity index (χ4v) is 1.35. The molecule has 11 heavy (non-hydrogen) atoms. The maximum Gasteiger partial charge on any atom is 0.0635 e. The summed E-state index contributed by atoms with van der Waals surface area (Å²) in [6.07, 6.45) is 2.61. The van der Waals surface area contributed by atoms with E-state index in [4.69, 9.17) is 17.3 Å². The van der Waals surface area contributed by atoms with E-state index in [1.807, 2.05) is 12.1 Å². The van der Waals surface area contributed by atoms with Crippen molar-refractivity contribution in [3.05, 3.63) is 28.8 Å². The molecular formula is C9H10ClN. The highest BCUT2D eigenvalue weighted by Gasteiger charge is 2.23. The third-order valence-electron chi connectivity index (χ3n) is 2.07. The van der Waals surface area contributed by atoms with Gasteiger partial charge in [-0.2, -0.15) is 0 Å². The molecule has 2 heteroatoms. The lowest BCUT2D eigenvalue weighted by Crippen LogP contribution is -1.88. The number of rotatable bonds is 1. The molecule has 1 aliphatic rings. The molecule has 1 aromatic carbocycles. The zero-order chi connectivity index (χ0) is 7.84. The lowest BCUT2D eigenvalue weighted by atomic mass is 10.1. The second kappa shape index (κ2) is 2.42. The summed E-state index contributed by atoms with van der Waals surface area (Å²) in [7, 11) is 0. The Hall–Kier alpha value is -0.690. The molecule has 0 saturated heterocycles. The largest absolute Gasteiger partial charge is 0.398 e. The van der Waals surface area contributed by atoms with E-state index in [2.05, 4.69) is 6.07 Å². The van der Waals surface area contributed by atoms with E-state index < -0.39 is 0 Å². The molecular weight excluding hydrogens is 158 g/mol. The Morgan fingerprint density at radius 3 is 2.64 bits per heavy atom. The van der Waals surface area contributed by atoms with E-state index in [-0.39, 0.29) is 0 Å². The molecule has 2 N–H and O–H groups in total. The molecule has 0 atom stereocenters. The van der Waals surface area contributed by atoms with Crippen LogP contribution in [-0.2, 0) is 0 Å². The second-order valence-electron chi connectivity index (χ2n) is 3.06. The monoisotopic (exact) mass is 167 g/mol. The third kappa shape index (κ3) is 1.33. The van der Waals surface area contributed by atoms with E-state index in [0.717, 1.165) is 5.92 Å². The van der Waals surface area contributed by atoms with Gasteiger partial charge in [-0.15, -0.1) is 0 Å². The number of halogens is 1. The normalized spacial score (nSPS) is 16.8. The zero-order valence-electron chi connectivity index (χ0n) is 6.18. The number of hydrogen-bond donors (Lipinski definition) is 1. The fourth-order valence-electron chi connectivity index (χ4n) is 1.23. The van der Waals surface area contributed by atoms with Crippen molar-refractivity contribution in [3.8, 4) is 0 Å². The average molecular weight is 168 g/mol. The SMILES string of the molecule is Nc1cc(C2CC2)ccc1Cl. The Kier molecular flexibility index (Phi) is 1.53. The van der Waals surface area contributed by atoms with E-state index in [1.54, 1.807) is 0 Å². The van der Waals surface area contributed by atoms with Crippen molar-refractivity contribution < 1.29 is 0 Å². The third-order valence-corrected chi connectivity index (χ3v) is 2.41. The minimum absolute atomic E-state index is 0.661. The molecule has 2 rings (SSSR count). The fraction of sp³-hybridized carbons (Fsp3) is 0.333. The summed E-state index contributed by atoms with van der Waals surface area (Å²) in [6.45, 7) is 0. The molecule has 0 radical (unpaired) electrons. The van der Waals surface area contributed by atoms with Crippen molar-refractivity contribution in [3.63, 3.8) is 0 Å². The summed E-state index contributed by atoms with van der Waals surface area (Å²) >= 11 is 5.78. The van der Waals surface area contributed by atoms with E-state index in [1.165, 1.54) is 18.4 Å². The van der Waals surface area contributed by atoms with Gasteiger partial charge in [0.25, 0.3) is 0 Å². The summed E-state index contributed by atoms with van der Waals surface area (Å²) in [5.41, 5.74) is 7.70. The Labute approximate surface area is 71.2 Å². The zero-order valence-corrected chi connectivity index (χ0v) is 6.93. The highest BCUT2D eigenvalue weighted by atomic mass is 35.5. The first-order valence-electron chi connectivity index (χ1n) is 3.82. The van der Waals surface area contributed by atoms with Crippen LogP contribution in [0.5, 0.6) is 0 Å². The van der Waals surface area contributed by atoms with Crippen LogP contribution in [0.25, 0.3) is 0 Å². The van der Waals surface area contributed by atoms with Gasteiger partial charge in [0.15, 0.2) is 0 Å². The highest BCUT2D eigenvalue weighted by molar-refractivity contribution is 6.33. The number of hydrogen-bond acceptors (Lipinski definition) is 1. The van der Waals surface area contributed by atoms with E-state index in [0.29, 0.717) is 10.7 Å². The van der Waals surface area contributed by atoms with Crippen molar-refractivity contribution >= 4 is 17.3 Å². The van der Waals surface area contributed by atoms with Crippen molar-refractivity contribution in [2.45, 2.75) is 18.8 Å². The van der Waals surface area contributed by atoms with E-state index >= 15 is 0 Å². The summed E-state index contributed by atoms with van der Waals surface area (Å²) in [5, 5.41) is 0.661. The number of nitrogens with two attached hydrogens (primary N) is 1. The van der Waals surface area contributed by atoms with Crippen LogP contribution in [0, 0.1) is 0 Å². The van der Waals surface area contributed by atoms with Crippen LogP contribution in [0.15, 0.2) is 18.2 Å². The molecule has 0 aliphatic heterocycles. The van der Waals surface area contributed by atoms with Crippen LogP contribution in [0.4, 0.5) is 5.69 Å². The van der Waals surface area contributed by atoms with Crippen molar-refractivity contribution in [2.24, 2.45) is 0 Å².